The van der Waals surface area contributed by atoms with E-state index in [9.17, 15) is 19.1 Å². The summed E-state index contributed by atoms with van der Waals surface area (Å²) in [7, 11) is 0. The van der Waals surface area contributed by atoms with E-state index in [4.69, 9.17) is 4.74 Å². The molecule has 32 heavy (non-hydrogen) atoms. The molecule has 1 atom stereocenters. The normalized spacial score (nSPS) is 17.6. The van der Waals surface area contributed by atoms with E-state index in [1.54, 1.807) is 49.4 Å². The maximum absolute atomic E-state index is 14.9. The van der Waals surface area contributed by atoms with Crippen molar-refractivity contribution in [3.8, 4) is 5.75 Å². The smallest absolute Gasteiger partial charge is 0.301 e. The number of pyridine rings is 1. The number of aromatic nitrogens is 1. The van der Waals surface area contributed by atoms with E-state index >= 15 is 0 Å². The lowest BCUT2D eigenvalue weighted by molar-refractivity contribution is -0.132. The van der Waals surface area contributed by atoms with E-state index in [2.05, 4.69) is 4.98 Å². The molecule has 0 aliphatic carbocycles. The third kappa shape index (κ3) is 3.62. The fourth-order valence-corrected chi connectivity index (χ4v) is 3.86. The number of ether oxygens (including phenoxy) is 1. The summed E-state index contributed by atoms with van der Waals surface area (Å²) in [4.78, 5) is 31.4. The van der Waals surface area contributed by atoms with Gasteiger partial charge in [-0.05, 0) is 55.8 Å². The second-order valence-corrected chi connectivity index (χ2v) is 7.29. The molecule has 1 fully saturated rings. The topological polar surface area (TPSA) is 79.7 Å². The molecule has 162 valence electrons. The van der Waals surface area contributed by atoms with Crippen molar-refractivity contribution >= 4 is 23.3 Å². The van der Waals surface area contributed by atoms with Crippen LogP contribution in [0.1, 0.15) is 29.7 Å². The van der Waals surface area contributed by atoms with Crippen molar-refractivity contribution in [2.75, 3.05) is 11.5 Å². The van der Waals surface area contributed by atoms with Gasteiger partial charge in [-0.25, -0.2) is 9.37 Å². The summed E-state index contributed by atoms with van der Waals surface area (Å²) in [5.41, 5.74) is 0.888. The van der Waals surface area contributed by atoms with E-state index in [0.717, 1.165) is 4.90 Å². The quantitative estimate of drug-likeness (QED) is 0.363. The van der Waals surface area contributed by atoms with Crippen LogP contribution in [0, 0.1) is 12.7 Å². The maximum atomic E-state index is 14.9. The van der Waals surface area contributed by atoms with Gasteiger partial charge in [0.2, 0.25) is 0 Å². The predicted octanol–water partition coefficient (Wildman–Crippen LogP) is 4.55. The third-order valence-corrected chi connectivity index (χ3v) is 5.30. The van der Waals surface area contributed by atoms with Crippen LogP contribution in [-0.4, -0.2) is 28.4 Å². The molecule has 1 N–H and O–H groups in total. The standard InChI is InChI=1S/C25H21FN2O4/c1-3-32-16-11-12-17(15(2)14-16)23(29)21-22(18-8-4-5-9-19(18)26)28(25(31)24(21)30)20-10-6-7-13-27-20/h4-14,22,29H,3H2,1-2H3. The minimum absolute atomic E-state index is 0.0856. The highest BCUT2D eigenvalue weighted by Gasteiger charge is 2.48. The molecule has 0 saturated carbocycles. The highest BCUT2D eigenvalue weighted by atomic mass is 19.1. The molecule has 2 heterocycles. The number of nitrogens with zero attached hydrogens (tertiary/aromatic N) is 2. The van der Waals surface area contributed by atoms with Crippen LogP contribution in [0.15, 0.2) is 72.4 Å². The Morgan fingerprint density at radius 2 is 1.88 bits per heavy atom. The number of aliphatic hydroxyl groups is 1. The lowest BCUT2D eigenvalue weighted by Crippen LogP contribution is -2.30. The molecule has 6 nitrogen and oxygen atoms in total. The molecule has 0 spiro atoms. The Morgan fingerprint density at radius 1 is 1.12 bits per heavy atom. The summed E-state index contributed by atoms with van der Waals surface area (Å²) in [5, 5.41) is 11.2. The average Bonchev–Trinajstić information content (AvgIpc) is 3.05. The van der Waals surface area contributed by atoms with Gasteiger partial charge >= 0.3 is 5.91 Å². The van der Waals surface area contributed by atoms with Crippen molar-refractivity contribution in [3.63, 3.8) is 0 Å². The number of ketones is 1. The first-order valence-corrected chi connectivity index (χ1v) is 10.1. The van der Waals surface area contributed by atoms with Crippen molar-refractivity contribution in [3.05, 3.63) is 94.9 Å². The number of aliphatic hydroxyl groups excluding tert-OH is 1. The zero-order valence-electron chi connectivity index (χ0n) is 17.6. The predicted molar refractivity (Wildman–Crippen MR) is 118 cm³/mol. The molecule has 4 rings (SSSR count). The highest BCUT2D eigenvalue weighted by Crippen LogP contribution is 2.42. The second kappa shape index (κ2) is 8.63. The lowest BCUT2D eigenvalue weighted by Gasteiger charge is -2.24. The van der Waals surface area contributed by atoms with Crippen LogP contribution in [0.4, 0.5) is 10.2 Å². The third-order valence-electron chi connectivity index (χ3n) is 5.30. The Bertz CT molecular complexity index is 1220. The van der Waals surface area contributed by atoms with Crippen molar-refractivity contribution in [1.29, 1.82) is 0 Å². The molecule has 3 aromatic rings. The van der Waals surface area contributed by atoms with Gasteiger partial charge in [0.1, 0.15) is 23.1 Å². The summed E-state index contributed by atoms with van der Waals surface area (Å²) in [5.74, 6) is -1.98. The number of carbonyl (C=O) groups excluding carboxylic acids is 2. The largest absolute Gasteiger partial charge is 0.507 e. The molecular formula is C25H21FN2O4. The van der Waals surface area contributed by atoms with Crippen LogP contribution in [-0.2, 0) is 9.59 Å². The number of hydrogen-bond donors (Lipinski definition) is 1. The Balaban J connectivity index is 1.94. The Hall–Kier alpha value is -4.00. The lowest BCUT2D eigenvalue weighted by atomic mass is 9.93. The zero-order valence-corrected chi connectivity index (χ0v) is 17.6. The van der Waals surface area contributed by atoms with Gasteiger partial charge in [0.25, 0.3) is 5.78 Å². The molecule has 2 aromatic carbocycles. The summed E-state index contributed by atoms with van der Waals surface area (Å²) < 4.78 is 20.3. The monoisotopic (exact) mass is 432 g/mol. The molecule has 1 saturated heterocycles. The first-order chi connectivity index (χ1) is 15.4. The fourth-order valence-electron chi connectivity index (χ4n) is 3.86. The number of halogens is 1. The molecular weight excluding hydrogens is 411 g/mol. The number of amides is 1. The number of hydrogen-bond acceptors (Lipinski definition) is 5. The van der Waals surface area contributed by atoms with E-state index in [1.165, 1.54) is 24.4 Å². The van der Waals surface area contributed by atoms with Gasteiger partial charge in [-0.1, -0.05) is 24.3 Å². The number of Topliss-reactive ketones (excluding diaryl/α,β-unsaturated/α-hetero) is 1. The summed E-state index contributed by atoms with van der Waals surface area (Å²) in [6.45, 7) is 4.09. The molecule has 0 radical (unpaired) electrons. The molecule has 1 aliphatic rings. The number of aryl methyl sites for hydroxylation is 1. The first kappa shape index (κ1) is 21.2. The molecule has 0 bridgehead atoms. The summed E-state index contributed by atoms with van der Waals surface area (Å²) >= 11 is 0. The molecule has 1 unspecified atom stereocenters. The SMILES string of the molecule is CCOc1ccc(C(O)=C2C(=O)C(=O)N(c3ccccn3)C2c2ccccc2F)c(C)c1. The van der Waals surface area contributed by atoms with Crippen LogP contribution in [0.25, 0.3) is 5.76 Å². The van der Waals surface area contributed by atoms with Crippen molar-refractivity contribution in [1.82, 2.24) is 4.98 Å². The molecule has 1 amide bonds. The van der Waals surface area contributed by atoms with Gasteiger partial charge in [-0.15, -0.1) is 0 Å². The van der Waals surface area contributed by atoms with Gasteiger partial charge < -0.3 is 9.84 Å². The minimum Gasteiger partial charge on any atom is -0.507 e. The van der Waals surface area contributed by atoms with Gasteiger partial charge in [0.15, 0.2) is 0 Å². The summed E-state index contributed by atoms with van der Waals surface area (Å²) in [6.07, 6.45) is 1.48. The minimum atomic E-state index is -1.17. The van der Waals surface area contributed by atoms with Gasteiger partial charge in [-0.2, -0.15) is 0 Å². The number of rotatable bonds is 5. The first-order valence-electron chi connectivity index (χ1n) is 10.1. The van der Waals surface area contributed by atoms with Crippen molar-refractivity contribution in [2.45, 2.75) is 19.9 Å². The Morgan fingerprint density at radius 3 is 2.53 bits per heavy atom. The van der Waals surface area contributed by atoms with Gasteiger partial charge in [0, 0.05) is 17.3 Å². The number of benzene rings is 2. The van der Waals surface area contributed by atoms with Crippen LogP contribution < -0.4 is 9.64 Å². The van der Waals surface area contributed by atoms with E-state index < -0.39 is 23.5 Å². The molecule has 1 aliphatic heterocycles. The fraction of sp³-hybridized carbons (Fsp3) is 0.160. The average molecular weight is 432 g/mol. The highest BCUT2D eigenvalue weighted by molar-refractivity contribution is 6.51. The summed E-state index contributed by atoms with van der Waals surface area (Å²) in [6, 6.07) is 14.6. The maximum Gasteiger partial charge on any atom is 0.301 e. The van der Waals surface area contributed by atoms with Crippen molar-refractivity contribution in [2.24, 2.45) is 0 Å². The molecule has 1 aromatic heterocycles. The van der Waals surface area contributed by atoms with E-state index in [-0.39, 0.29) is 22.7 Å². The number of anilines is 1. The Kier molecular flexibility index (Phi) is 5.73. The molecule has 7 heteroatoms. The van der Waals surface area contributed by atoms with Gasteiger partial charge in [0.05, 0.1) is 18.2 Å². The van der Waals surface area contributed by atoms with Gasteiger partial charge in [-0.3, -0.25) is 14.5 Å². The number of carbonyl (C=O) groups is 2. The van der Waals surface area contributed by atoms with Crippen LogP contribution in [0.3, 0.4) is 0 Å². The van der Waals surface area contributed by atoms with Crippen LogP contribution in [0.2, 0.25) is 0 Å². The zero-order chi connectivity index (χ0) is 22.8. The van der Waals surface area contributed by atoms with Crippen LogP contribution >= 0.6 is 0 Å². The van der Waals surface area contributed by atoms with E-state index in [1.807, 2.05) is 6.92 Å². The Labute approximate surface area is 184 Å². The van der Waals surface area contributed by atoms with E-state index in [0.29, 0.717) is 23.5 Å². The second-order valence-electron chi connectivity index (χ2n) is 7.29. The van der Waals surface area contributed by atoms with Crippen molar-refractivity contribution < 1.29 is 23.8 Å². The van der Waals surface area contributed by atoms with Crippen LogP contribution in [0.5, 0.6) is 5.75 Å².